The van der Waals surface area contributed by atoms with Crippen molar-refractivity contribution in [3.05, 3.63) is 54.2 Å². The van der Waals surface area contributed by atoms with Crippen LogP contribution in [0.3, 0.4) is 0 Å². The third-order valence-corrected chi connectivity index (χ3v) is 6.53. The van der Waals surface area contributed by atoms with Crippen LogP contribution in [0, 0.1) is 11.3 Å². The van der Waals surface area contributed by atoms with Crippen molar-refractivity contribution in [2.24, 2.45) is 0 Å². The van der Waals surface area contributed by atoms with Gasteiger partial charge in [0.1, 0.15) is 23.3 Å². The molecule has 10 heteroatoms. The molecule has 2 N–H and O–H groups in total. The molecule has 2 fully saturated rings. The van der Waals surface area contributed by atoms with Crippen LogP contribution in [0.25, 0.3) is 0 Å². The lowest BCUT2D eigenvalue weighted by atomic mass is 10.1. The first-order valence-corrected chi connectivity index (χ1v) is 12.1. The van der Waals surface area contributed by atoms with Gasteiger partial charge in [-0.05, 0) is 56.8 Å². The molecule has 1 atom stereocenters. The zero-order chi connectivity index (χ0) is 25.1. The Morgan fingerprint density at radius 1 is 1.06 bits per heavy atom. The highest BCUT2D eigenvalue weighted by Gasteiger charge is 2.23. The Morgan fingerprint density at radius 2 is 1.89 bits per heavy atom. The SMILES string of the molecule is C[C@@H]1CN(C)CCN1c1ccc(Nc2ncc(C#N)c(Nc3cccc(N4CCCC4=O)n3)n2)cc1. The van der Waals surface area contributed by atoms with Gasteiger partial charge >= 0.3 is 0 Å². The van der Waals surface area contributed by atoms with Gasteiger partial charge in [0, 0.05) is 50.0 Å². The van der Waals surface area contributed by atoms with E-state index in [0.29, 0.717) is 48.0 Å². The van der Waals surface area contributed by atoms with E-state index >= 15 is 0 Å². The number of hydrogen-bond donors (Lipinski definition) is 2. The first-order chi connectivity index (χ1) is 17.5. The third kappa shape index (κ3) is 5.06. The fourth-order valence-corrected chi connectivity index (χ4v) is 4.66. The molecule has 10 nitrogen and oxygen atoms in total. The van der Waals surface area contributed by atoms with Crippen LogP contribution >= 0.6 is 0 Å². The first kappa shape index (κ1) is 23.5. The van der Waals surface area contributed by atoms with Crippen molar-refractivity contribution < 1.29 is 4.79 Å². The molecule has 0 radical (unpaired) electrons. The van der Waals surface area contributed by atoms with Gasteiger partial charge in [-0.1, -0.05) is 6.07 Å². The molecule has 4 heterocycles. The smallest absolute Gasteiger partial charge is 0.229 e. The molecule has 0 bridgehead atoms. The zero-order valence-electron chi connectivity index (χ0n) is 20.5. The fourth-order valence-electron chi connectivity index (χ4n) is 4.66. The average Bonchev–Trinajstić information content (AvgIpc) is 3.31. The quantitative estimate of drug-likeness (QED) is 0.544. The molecule has 3 aromatic rings. The van der Waals surface area contributed by atoms with E-state index < -0.39 is 0 Å². The highest BCUT2D eigenvalue weighted by atomic mass is 16.2. The zero-order valence-corrected chi connectivity index (χ0v) is 20.5. The second-order valence-corrected chi connectivity index (χ2v) is 9.20. The second kappa shape index (κ2) is 10.2. The summed E-state index contributed by atoms with van der Waals surface area (Å²) < 4.78 is 0. The van der Waals surface area contributed by atoms with E-state index in [9.17, 15) is 10.1 Å². The van der Waals surface area contributed by atoms with Crippen LogP contribution in [0.5, 0.6) is 0 Å². The predicted molar refractivity (Wildman–Crippen MR) is 140 cm³/mol. The van der Waals surface area contributed by atoms with Crippen LogP contribution in [0.2, 0.25) is 0 Å². The summed E-state index contributed by atoms with van der Waals surface area (Å²) in [7, 11) is 2.16. The van der Waals surface area contributed by atoms with E-state index in [2.05, 4.69) is 67.6 Å². The van der Waals surface area contributed by atoms with Crippen molar-refractivity contribution >= 4 is 40.7 Å². The predicted octanol–water partition coefficient (Wildman–Crippen LogP) is 3.50. The van der Waals surface area contributed by atoms with Crippen LogP contribution in [-0.4, -0.2) is 65.0 Å². The van der Waals surface area contributed by atoms with Gasteiger partial charge in [-0.3, -0.25) is 9.69 Å². The summed E-state index contributed by atoms with van der Waals surface area (Å²) >= 11 is 0. The van der Waals surface area contributed by atoms with E-state index in [0.717, 1.165) is 31.7 Å². The van der Waals surface area contributed by atoms with Crippen molar-refractivity contribution in [2.45, 2.75) is 25.8 Å². The molecule has 0 unspecified atom stereocenters. The third-order valence-electron chi connectivity index (χ3n) is 6.53. The number of nitrogens with one attached hydrogen (secondary N) is 2. The van der Waals surface area contributed by atoms with Crippen molar-refractivity contribution in [1.82, 2.24) is 19.9 Å². The van der Waals surface area contributed by atoms with E-state index in [1.807, 2.05) is 18.2 Å². The highest BCUT2D eigenvalue weighted by Crippen LogP contribution is 2.26. The average molecular weight is 484 g/mol. The van der Waals surface area contributed by atoms with Gasteiger partial charge in [0.05, 0.1) is 6.20 Å². The first-order valence-electron chi connectivity index (χ1n) is 12.1. The van der Waals surface area contributed by atoms with Gasteiger partial charge in [-0.25, -0.2) is 9.97 Å². The Labute approximate surface area is 210 Å². The Bertz CT molecular complexity index is 1290. The summed E-state index contributed by atoms with van der Waals surface area (Å²) in [6.45, 7) is 5.99. The molecule has 2 aliphatic heterocycles. The highest BCUT2D eigenvalue weighted by molar-refractivity contribution is 5.94. The Kier molecular flexibility index (Phi) is 6.64. The van der Waals surface area contributed by atoms with Crippen LogP contribution < -0.4 is 20.4 Å². The summed E-state index contributed by atoms with van der Waals surface area (Å²) in [6, 6.07) is 16.2. The number of likely N-dealkylation sites (N-methyl/N-ethyl adjacent to an activating group) is 1. The summed E-state index contributed by atoms with van der Waals surface area (Å²) in [6.07, 6.45) is 2.84. The number of carbonyl (C=O) groups is 1. The van der Waals surface area contributed by atoms with E-state index in [1.165, 1.54) is 11.9 Å². The minimum atomic E-state index is 0.0685. The van der Waals surface area contributed by atoms with Crippen molar-refractivity contribution in [2.75, 3.05) is 53.7 Å². The van der Waals surface area contributed by atoms with Crippen LogP contribution in [0.1, 0.15) is 25.3 Å². The van der Waals surface area contributed by atoms with Crippen LogP contribution in [0.4, 0.5) is 34.8 Å². The number of benzene rings is 1. The number of anilines is 6. The number of piperazine rings is 1. The molecule has 36 heavy (non-hydrogen) atoms. The maximum absolute atomic E-state index is 12.1. The van der Waals surface area contributed by atoms with Crippen LogP contribution in [0.15, 0.2) is 48.7 Å². The largest absolute Gasteiger partial charge is 0.366 e. The number of nitrogens with zero attached hydrogens (tertiary/aromatic N) is 7. The molecular formula is C26H29N9O. The van der Waals surface area contributed by atoms with Gasteiger partial charge in [-0.2, -0.15) is 10.2 Å². The number of pyridine rings is 1. The molecule has 0 spiro atoms. The lowest BCUT2D eigenvalue weighted by molar-refractivity contribution is -0.117. The summed E-state index contributed by atoms with van der Waals surface area (Å²) in [5.41, 5.74) is 2.33. The molecule has 2 aromatic heterocycles. The molecule has 1 amide bonds. The number of carbonyl (C=O) groups excluding carboxylic acids is 1. The number of rotatable bonds is 6. The fraction of sp³-hybridized carbons (Fsp3) is 0.346. The molecule has 2 saturated heterocycles. The van der Waals surface area contributed by atoms with E-state index in [4.69, 9.17) is 0 Å². The summed E-state index contributed by atoms with van der Waals surface area (Å²) in [5.74, 6) is 1.86. The Hall–Kier alpha value is -4.23. The number of aromatic nitrogens is 3. The van der Waals surface area contributed by atoms with Gasteiger partial charge in [-0.15, -0.1) is 0 Å². The number of amides is 1. The lowest BCUT2D eigenvalue weighted by Gasteiger charge is -2.39. The molecule has 0 saturated carbocycles. The molecule has 2 aliphatic rings. The normalized spacial score (nSPS) is 18.2. The summed E-state index contributed by atoms with van der Waals surface area (Å²) in [5, 5.41) is 15.9. The second-order valence-electron chi connectivity index (χ2n) is 9.20. The maximum atomic E-state index is 12.1. The van der Waals surface area contributed by atoms with Gasteiger partial charge in [0.2, 0.25) is 11.9 Å². The molecular weight excluding hydrogens is 454 g/mol. The minimum absolute atomic E-state index is 0.0685. The number of nitriles is 1. The topological polar surface area (TPSA) is 113 Å². The minimum Gasteiger partial charge on any atom is -0.366 e. The van der Waals surface area contributed by atoms with Gasteiger partial charge in [0.25, 0.3) is 0 Å². The Balaban J connectivity index is 1.31. The molecule has 0 aliphatic carbocycles. The molecule has 1 aromatic carbocycles. The van der Waals surface area contributed by atoms with Crippen molar-refractivity contribution in [1.29, 1.82) is 5.26 Å². The van der Waals surface area contributed by atoms with E-state index in [1.54, 1.807) is 17.0 Å². The van der Waals surface area contributed by atoms with Crippen molar-refractivity contribution in [3.63, 3.8) is 0 Å². The van der Waals surface area contributed by atoms with Gasteiger partial charge in [0.15, 0.2) is 5.82 Å². The molecule has 184 valence electrons. The van der Waals surface area contributed by atoms with E-state index in [-0.39, 0.29) is 5.91 Å². The maximum Gasteiger partial charge on any atom is 0.229 e. The van der Waals surface area contributed by atoms with Crippen molar-refractivity contribution in [3.8, 4) is 6.07 Å². The standard InChI is InChI=1S/C26H29N9O/c1-18-17-33(2)13-14-34(18)21-10-8-20(9-11-21)29-26-28-16-19(15-27)25(32-26)31-22-5-3-6-23(30-22)35-12-4-7-24(35)36/h3,5-6,8-11,16,18H,4,7,12-14,17H2,1-2H3,(H2,28,29,30,31,32)/t18-/m1/s1. The number of hydrogen-bond acceptors (Lipinski definition) is 9. The molecule has 5 rings (SSSR count). The van der Waals surface area contributed by atoms with Crippen LogP contribution in [-0.2, 0) is 4.79 Å². The monoisotopic (exact) mass is 483 g/mol. The van der Waals surface area contributed by atoms with Gasteiger partial charge < -0.3 is 20.4 Å². The summed E-state index contributed by atoms with van der Waals surface area (Å²) in [4.78, 5) is 31.9. The lowest BCUT2D eigenvalue weighted by Crippen LogP contribution is -2.50. The Morgan fingerprint density at radius 3 is 2.61 bits per heavy atom.